The van der Waals surface area contributed by atoms with Gasteiger partial charge in [0.15, 0.2) is 35.1 Å². The van der Waals surface area contributed by atoms with Gasteiger partial charge < -0.3 is 93.4 Å². The molecule has 0 spiro atoms. The Hall–Kier alpha value is -11.6. The molecule has 13 atom stereocenters. The van der Waals surface area contributed by atoms with Crippen LogP contribution in [0.1, 0.15) is 221 Å². The first-order valence-electron chi connectivity index (χ1n) is 41.5. The SMILES string of the molecule is CC(C)C[C@H](CC(=O)[C@@H](NC(=O)[C@H](CCCN=C(N)N)CC(=O)[C@H](CCC(=O)O)NC(=O)[C@H](CCCCN)CC(=O)[C@H](CCCN=C(N)N)CC(=O)[C@@H](CC(=O)[C@H](CCCCN=[N+]=[N-])NC(=O)[C@H](CCC(N)=O)CC(=O)[C@H](CC(=O)O)NC(=O)[C@@H](CC(=O)[C@@H](C)CCC(N)=O)C(C)C)Cc1c[nH]c2ccccc12)C(C)C)C(=O)N[C@@H](CC(N)=O)C(N)=O. The molecule has 0 radical (unpaired) electrons. The molecular formula is C82H130N20O20. The third kappa shape index (κ3) is 41.6. The van der Waals surface area contributed by atoms with E-state index < -0.39 is 272 Å². The van der Waals surface area contributed by atoms with Crippen molar-refractivity contribution in [1.29, 1.82) is 0 Å². The Balaban J connectivity index is 2.82. The zero-order chi connectivity index (χ0) is 92.0. The second-order valence-electron chi connectivity index (χ2n) is 32.5. The molecule has 2 aromatic rings. The van der Waals surface area contributed by atoms with Crippen molar-refractivity contribution in [2.45, 2.75) is 252 Å². The summed E-state index contributed by atoms with van der Waals surface area (Å²) in [6, 6.07) is -0.651. The number of fused-ring (bicyclic) bond motifs is 1. The Bertz CT molecular complexity index is 4030. The predicted octanol–water partition coefficient (Wildman–Crippen LogP) is 2.10. The van der Waals surface area contributed by atoms with Crippen molar-refractivity contribution in [3.05, 3.63) is 46.5 Å². The molecule has 0 aliphatic rings. The van der Waals surface area contributed by atoms with E-state index >= 15 is 14.4 Å². The standard InChI is InChI=1S/C82H130N20O20/c1-44(2)32-53(79(121)100-61(75(87)117)41-71(86)112)39-68(109)74(46(5)6)101-78(120)50(18-15-30-94-82(90)91)36-65(106)59(24-27-72(113)114)98-76(118)49(16-10-12-28-83)35-63(104)48(17-14-29-93-81(88)89)34-64(105)52(33-54-43-95-57-20-9-8-19-55(54)57)38-66(107)58(21-11-13-31-96-102-92)97-77(119)51(23-26-70(85)111)37-67(108)60(42-73(115)116)99-80(122)56(45(3)4)40-62(103)47(7)22-25-69(84)110/h8-9,19-20,43-53,56,58-61,74,95H,10-18,21-42,83H2,1-7H3,(H2,84,110)(H2,85,111)(H2,86,112)(H2,87,117)(H,97,119)(H,98,118)(H,99,122)(H,100,121)(H,101,120)(H,113,114)(H,115,116)(H4,88,89,93)(H4,90,91,94)/t47-,48+,49+,50+,51+,52+,53+,56-,58-,59-,60-,61-,74-/m0/s1. The number of carboxylic acids is 2. The number of carboxylic acid groups (broad SMARTS) is 2. The fourth-order valence-electron chi connectivity index (χ4n) is 14.3. The minimum Gasteiger partial charge on any atom is -0.481 e. The lowest BCUT2D eigenvalue weighted by atomic mass is 9.80. The number of aromatic amines is 1. The zero-order valence-electron chi connectivity index (χ0n) is 71.2. The number of guanidine groups is 2. The number of para-hydroxylation sites is 1. The number of carbonyl (C=O) groups is 18. The first kappa shape index (κ1) is 107. The largest absolute Gasteiger partial charge is 0.481 e. The summed E-state index contributed by atoms with van der Waals surface area (Å²) in [5.74, 6) is -27.2. The van der Waals surface area contributed by atoms with E-state index in [1.165, 1.54) is 0 Å². The van der Waals surface area contributed by atoms with Crippen molar-refractivity contribution in [3.63, 3.8) is 0 Å². The summed E-state index contributed by atoms with van der Waals surface area (Å²) in [6.07, 6.45) is -5.65. The number of benzene rings is 1. The monoisotopic (exact) mass is 1710 g/mol. The van der Waals surface area contributed by atoms with Crippen molar-refractivity contribution in [1.82, 2.24) is 31.6 Å². The summed E-state index contributed by atoms with van der Waals surface area (Å²) in [6.45, 7) is 11.6. The molecule has 0 fully saturated rings. The van der Waals surface area contributed by atoms with Crippen LogP contribution in [0.4, 0.5) is 0 Å². The Morgan fingerprint density at radius 1 is 0.426 bits per heavy atom. The minimum absolute atomic E-state index is 0.0373. The van der Waals surface area contributed by atoms with Crippen molar-refractivity contribution < 1.29 is 96.5 Å². The van der Waals surface area contributed by atoms with Gasteiger partial charge in [-0.05, 0) is 125 Å². The van der Waals surface area contributed by atoms with Crippen LogP contribution in [0.25, 0.3) is 21.3 Å². The van der Waals surface area contributed by atoms with Crippen LogP contribution in [-0.4, -0.2) is 189 Å². The molecule has 0 unspecified atom stereocenters. The molecule has 0 aliphatic carbocycles. The molecule has 1 aromatic heterocycles. The van der Waals surface area contributed by atoms with Crippen LogP contribution in [0.15, 0.2) is 45.6 Å². The number of hydrogen-bond donors (Lipinski definition) is 17. The number of aromatic nitrogens is 1. The lowest BCUT2D eigenvalue weighted by molar-refractivity contribution is -0.142. The maximum absolute atomic E-state index is 15.5. The van der Waals surface area contributed by atoms with E-state index in [1.807, 2.05) is 0 Å². The van der Waals surface area contributed by atoms with Crippen LogP contribution in [0, 0.1) is 65.1 Å². The number of nitrogens with zero attached hydrogens (tertiary/aromatic N) is 5. The quantitative estimate of drug-likeness (QED) is 0.0113. The number of rotatable bonds is 68. The lowest BCUT2D eigenvalue weighted by Gasteiger charge is -2.28. The Morgan fingerprint density at radius 3 is 1.43 bits per heavy atom. The highest BCUT2D eigenvalue weighted by molar-refractivity contribution is 6.01. The summed E-state index contributed by atoms with van der Waals surface area (Å²) in [7, 11) is 0. The summed E-state index contributed by atoms with van der Waals surface area (Å²) in [5.41, 5.74) is 60.4. The number of nitrogens with one attached hydrogen (secondary N) is 6. The number of azide groups is 1. The normalized spacial score (nSPS) is 14.5. The third-order valence-corrected chi connectivity index (χ3v) is 21.3. The number of Topliss-reactive ketones (excluding diaryl/α,β-unsaturated/α-hetero) is 7. The third-order valence-electron chi connectivity index (χ3n) is 21.3. The molecule has 122 heavy (non-hydrogen) atoms. The van der Waals surface area contributed by atoms with Crippen LogP contribution in [0.2, 0.25) is 0 Å². The number of carbonyl (C=O) groups excluding carboxylic acids is 16. The Labute approximate surface area is 710 Å². The van der Waals surface area contributed by atoms with Gasteiger partial charge in [-0.2, -0.15) is 0 Å². The van der Waals surface area contributed by atoms with Crippen molar-refractivity contribution in [2.24, 2.45) is 132 Å². The molecule has 0 saturated heterocycles. The highest BCUT2D eigenvalue weighted by Crippen LogP contribution is 2.31. The molecule has 678 valence electrons. The van der Waals surface area contributed by atoms with E-state index in [-0.39, 0.29) is 134 Å². The summed E-state index contributed by atoms with van der Waals surface area (Å²) in [4.78, 5) is 262. The molecular weight excluding hydrogens is 1590 g/mol. The van der Waals surface area contributed by atoms with Crippen LogP contribution >= 0.6 is 0 Å². The summed E-state index contributed by atoms with van der Waals surface area (Å²) < 4.78 is 0. The van der Waals surface area contributed by atoms with Gasteiger partial charge in [0.25, 0.3) is 0 Å². The molecule has 0 saturated carbocycles. The molecule has 0 aliphatic heterocycles. The van der Waals surface area contributed by atoms with Gasteiger partial charge in [-0.15, -0.1) is 0 Å². The van der Waals surface area contributed by atoms with Crippen LogP contribution in [0.5, 0.6) is 0 Å². The lowest BCUT2D eigenvalue weighted by Crippen LogP contribution is -2.51. The maximum atomic E-state index is 15.5. The molecule has 1 heterocycles. The van der Waals surface area contributed by atoms with E-state index in [0.717, 1.165) is 0 Å². The van der Waals surface area contributed by atoms with E-state index in [2.05, 4.69) is 51.6 Å². The Morgan fingerprint density at radius 2 is 0.902 bits per heavy atom. The number of nitrogens with two attached hydrogens (primary N) is 9. The van der Waals surface area contributed by atoms with Crippen LogP contribution in [0.3, 0.4) is 0 Å². The second-order valence-corrected chi connectivity index (χ2v) is 32.5. The second kappa shape index (κ2) is 56.1. The van der Waals surface area contributed by atoms with Crippen LogP contribution in [-0.2, 0) is 92.7 Å². The van der Waals surface area contributed by atoms with Gasteiger partial charge in [0.05, 0.1) is 37.0 Å². The number of aliphatic carboxylic acids is 2. The van der Waals surface area contributed by atoms with Crippen molar-refractivity contribution in [3.8, 4) is 0 Å². The number of ketones is 7. The number of unbranched alkanes of at least 4 members (excludes halogenated alkanes) is 2. The van der Waals surface area contributed by atoms with E-state index in [1.54, 1.807) is 78.9 Å². The van der Waals surface area contributed by atoms with Crippen molar-refractivity contribution in [2.75, 3.05) is 26.2 Å². The van der Waals surface area contributed by atoms with Gasteiger partial charge in [0.1, 0.15) is 23.4 Å². The molecule has 9 amide bonds. The van der Waals surface area contributed by atoms with Crippen molar-refractivity contribution >= 4 is 128 Å². The minimum atomic E-state index is -1.79. The number of aliphatic imine (C=N–C) groups is 2. The predicted molar refractivity (Wildman–Crippen MR) is 451 cm³/mol. The molecule has 2 rings (SSSR count). The smallest absolute Gasteiger partial charge is 0.305 e. The summed E-state index contributed by atoms with van der Waals surface area (Å²) >= 11 is 0. The number of amides is 9. The topological polar surface area (TPSA) is 731 Å². The molecule has 40 nitrogen and oxygen atoms in total. The molecule has 26 N–H and O–H groups in total. The zero-order valence-corrected chi connectivity index (χ0v) is 71.2. The highest BCUT2D eigenvalue weighted by atomic mass is 16.4. The first-order valence-corrected chi connectivity index (χ1v) is 41.5. The molecule has 1 aromatic carbocycles. The van der Waals surface area contributed by atoms with Crippen LogP contribution < -0.4 is 78.2 Å². The van der Waals surface area contributed by atoms with E-state index in [0.29, 0.717) is 22.9 Å². The number of hydrogen-bond acceptors (Lipinski definition) is 22. The molecule has 40 heteroatoms. The average molecular weight is 1720 g/mol. The average Bonchev–Trinajstić information content (AvgIpc) is 1.64. The maximum Gasteiger partial charge on any atom is 0.305 e. The van der Waals surface area contributed by atoms with Gasteiger partial charge >= 0.3 is 11.9 Å². The van der Waals surface area contributed by atoms with Gasteiger partial charge in [0.2, 0.25) is 53.2 Å². The summed E-state index contributed by atoms with van der Waals surface area (Å²) in [5, 5.41) is 37.2. The van der Waals surface area contributed by atoms with E-state index in [4.69, 9.17) is 57.1 Å². The Kier molecular flexibility index (Phi) is 49.0. The fourth-order valence-corrected chi connectivity index (χ4v) is 14.3. The number of H-pyrrole nitrogens is 1. The van der Waals surface area contributed by atoms with E-state index in [9.17, 15) is 82.1 Å². The highest BCUT2D eigenvalue weighted by Gasteiger charge is 2.40. The van der Waals surface area contributed by atoms with Gasteiger partial charge in [-0.1, -0.05) is 84.6 Å². The number of primary amides is 4. The molecule has 0 bridgehead atoms. The first-order chi connectivity index (χ1) is 57.4. The van der Waals surface area contributed by atoms with Gasteiger partial charge in [0, 0.05) is 153 Å². The van der Waals surface area contributed by atoms with Gasteiger partial charge in [-0.3, -0.25) is 96.3 Å². The van der Waals surface area contributed by atoms with Gasteiger partial charge in [-0.25, -0.2) is 0 Å². The fraction of sp³-hybridized carbons (Fsp3) is 0.659.